The third kappa shape index (κ3) is 3.98. The molecule has 1 N–H and O–H groups in total. The molecule has 0 saturated heterocycles. The van der Waals surface area contributed by atoms with Gasteiger partial charge in [0.05, 0.1) is 36.9 Å². The molecule has 8 nitrogen and oxygen atoms in total. The topological polar surface area (TPSA) is 97.6 Å². The fourth-order valence-electron chi connectivity index (χ4n) is 2.36. The number of carbonyl (C=O) groups is 2. The molecule has 0 spiro atoms. The number of aromatic nitrogens is 2. The largest absolute Gasteiger partial charge is 0.441 e. The molecule has 2 aromatic heterocycles. The lowest BCUT2D eigenvalue weighted by Crippen LogP contribution is -2.36. The Kier molecular flexibility index (Phi) is 4.91. The van der Waals surface area contributed by atoms with Crippen molar-refractivity contribution in [1.29, 1.82) is 0 Å². The molecule has 24 heavy (non-hydrogen) atoms. The lowest BCUT2D eigenvalue weighted by Gasteiger charge is -2.14. The number of ether oxygens (including phenoxy) is 1. The molecule has 0 aliphatic carbocycles. The number of oxazole rings is 1. The monoisotopic (exact) mass is 350 g/mol. The minimum Gasteiger partial charge on any atom is -0.441 e. The van der Waals surface area contributed by atoms with E-state index in [9.17, 15) is 9.59 Å². The van der Waals surface area contributed by atoms with E-state index < -0.39 is 0 Å². The lowest BCUT2D eigenvalue weighted by molar-refractivity contribution is -0.133. The van der Waals surface area contributed by atoms with Crippen molar-refractivity contribution < 1.29 is 18.7 Å². The van der Waals surface area contributed by atoms with Crippen molar-refractivity contribution in [2.45, 2.75) is 40.2 Å². The van der Waals surface area contributed by atoms with Crippen LogP contribution in [0.1, 0.15) is 35.0 Å². The summed E-state index contributed by atoms with van der Waals surface area (Å²) in [5.74, 6) is 0.789. The zero-order valence-corrected chi connectivity index (χ0v) is 14.3. The minimum absolute atomic E-state index is 0.0113. The van der Waals surface area contributed by atoms with Crippen molar-refractivity contribution in [3.63, 3.8) is 0 Å². The van der Waals surface area contributed by atoms with Gasteiger partial charge in [0, 0.05) is 12.3 Å². The Labute approximate surface area is 142 Å². The highest BCUT2D eigenvalue weighted by Crippen LogP contribution is 2.23. The van der Waals surface area contributed by atoms with Crippen LogP contribution in [0.25, 0.3) is 0 Å². The van der Waals surface area contributed by atoms with Crippen LogP contribution in [-0.4, -0.2) is 33.2 Å². The van der Waals surface area contributed by atoms with Crippen LogP contribution < -0.4 is 5.32 Å². The number of fused-ring (bicyclic) bond motifs is 1. The van der Waals surface area contributed by atoms with Gasteiger partial charge in [-0.15, -0.1) is 11.3 Å². The summed E-state index contributed by atoms with van der Waals surface area (Å²) in [5, 5.41) is 5.46. The normalized spacial score (nSPS) is 13.2. The summed E-state index contributed by atoms with van der Waals surface area (Å²) in [6.07, 6.45) is 0. The number of nitrogens with zero attached hydrogens (tertiary/aromatic N) is 3. The molecule has 0 atom stereocenters. The summed E-state index contributed by atoms with van der Waals surface area (Å²) in [6, 6.07) is 0. The van der Waals surface area contributed by atoms with Crippen LogP contribution in [0.2, 0.25) is 0 Å². The van der Waals surface area contributed by atoms with Gasteiger partial charge in [0.25, 0.3) is 0 Å². The molecular weight excluding hydrogens is 332 g/mol. The van der Waals surface area contributed by atoms with E-state index in [2.05, 4.69) is 15.3 Å². The van der Waals surface area contributed by atoms with Crippen LogP contribution >= 0.6 is 11.3 Å². The minimum atomic E-state index is -0.230. The molecule has 0 radical (unpaired) electrons. The van der Waals surface area contributed by atoms with Crippen LogP contribution in [0.4, 0.5) is 0 Å². The van der Waals surface area contributed by atoms with Crippen LogP contribution in [0.15, 0.2) is 9.80 Å². The Bertz CT molecular complexity index is 731. The highest BCUT2D eigenvalue weighted by molar-refractivity contribution is 7.09. The van der Waals surface area contributed by atoms with Gasteiger partial charge in [0.15, 0.2) is 0 Å². The van der Waals surface area contributed by atoms with Crippen molar-refractivity contribution in [1.82, 2.24) is 20.2 Å². The maximum absolute atomic E-state index is 11.9. The van der Waals surface area contributed by atoms with Gasteiger partial charge in [-0.3, -0.25) is 9.59 Å². The summed E-state index contributed by atoms with van der Waals surface area (Å²) in [5.41, 5.74) is 1.64. The molecule has 3 rings (SSSR count). The molecule has 128 valence electrons. The fraction of sp³-hybridized carbons (Fsp3) is 0.467. The molecule has 1 aliphatic rings. The molecule has 0 bridgehead atoms. The van der Waals surface area contributed by atoms with Gasteiger partial charge in [-0.25, -0.2) is 9.97 Å². The third-order valence-electron chi connectivity index (χ3n) is 3.48. The smallest absolute Gasteiger partial charge is 0.242 e. The van der Waals surface area contributed by atoms with E-state index in [1.165, 1.54) is 6.92 Å². The Morgan fingerprint density at radius 2 is 2.21 bits per heavy atom. The molecule has 2 aromatic rings. The molecular formula is C15H18N4O4S. The van der Waals surface area contributed by atoms with E-state index in [0.717, 1.165) is 16.4 Å². The first kappa shape index (κ1) is 16.6. The summed E-state index contributed by atoms with van der Waals surface area (Å²) in [6.45, 7) is 4.76. The number of thiazole rings is 1. The summed E-state index contributed by atoms with van der Waals surface area (Å²) in [4.78, 5) is 33.1. The molecule has 9 heteroatoms. The van der Waals surface area contributed by atoms with Crippen molar-refractivity contribution in [3.8, 4) is 0 Å². The number of hydrogen-bond acceptors (Lipinski definition) is 7. The number of hydrogen-bond donors (Lipinski definition) is 1. The van der Waals surface area contributed by atoms with Gasteiger partial charge < -0.3 is 19.4 Å². The predicted molar refractivity (Wildman–Crippen MR) is 84.8 cm³/mol. The van der Waals surface area contributed by atoms with Crippen molar-refractivity contribution in [3.05, 3.63) is 33.4 Å². The molecule has 2 amide bonds. The lowest BCUT2D eigenvalue weighted by atomic mass is 10.4. The van der Waals surface area contributed by atoms with E-state index in [0.29, 0.717) is 31.3 Å². The van der Waals surface area contributed by atoms with E-state index in [-0.39, 0.29) is 25.0 Å². The maximum Gasteiger partial charge on any atom is 0.242 e. The zero-order valence-electron chi connectivity index (χ0n) is 13.5. The SMILES string of the molecule is CC(=O)NCC(=O)N1Cc2nc(COCc3csc(C)n3)oc2C1. The summed E-state index contributed by atoms with van der Waals surface area (Å²) in [7, 11) is 0. The molecule has 0 aromatic carbocycles. The van der Waals surface area contributed by atoms with E-state index in [4.69, 9.17) is 9.15 Å². The maximum atomic E-state index is 11.9. The van der Waals surface area contributed by atoms with Gasteiger partial charge in [0.1, 0.15) is 18.1 Å². The zero-order chi connectivity index (χ0) is 17.1. The first-order valence-electron chi connectivity index (χ1n) is 7.49. The first-order chi connectivity index (χ1) is 11.5. The number of nitrogens with one attached hydrogen (secondary N) is 1. The number of rotatable bonds is 6. The van der Waals surface area contributed by atoms with Crippen LogP contribution in [-0.2, 0) is 40.6 Å². The van der Waals surface area contributed by atoms with E-state index in [1.807, 2.05) is 12.3 Å². The third-order valence-corrected chi connectivity index (χ3v) is 4.30. The second kappa shape index (κ2) is 7.10. The second-order valence-electron chi connectivity index (χ2n) is 5.49. The van der Waals surface area contributed by atoms with Gasteiger partial charge in [-0.2, -0.15) is 0 Å². The highest BCUT2D eigenvalue weighted by Gasteiger charge is 2.28. The number of amides is 2. The van der Waals surface area contributed by atoms with Crippen molar-refractivity contribution >= 4 is 23.2 Å². The molecule has 0 saturated carbocycles. The van der Waals surface area contributed by atoms with Crippen LogP contribution in [0, 0.1) is 6.92 Å². The van der Waals surface area contributed by atoms with Crippen molar-refractivity contribution in [2.75, 3.05) is 6.54 Å². The Hall–Kier alpha value is -2.26. The predicted octanol–water partition coefficient (Wildman–Crippen LogP) is 1.13. The molecule has 0 unspecified atom stereocenters. The van der Waals surface area contributed by atoms with E-state index in [1.54, 1.807) is 16.2 Å². The van der Waals surface area contributed by atoms with Gasteiger partial charge in [0.2, 0.25) is 17.7 Å². The van der Waals surface area contributed by atoms with Crippen LogP contribution in [0.3, 0.4) is 0 Å². The highest BCUT2D eigenvalue weighted by atomic mass is 32.1. The first-order valence-corrected chi connectivity index (χ1v) is 8.37. The fourth-order valence-corrected chi connectivity index (χ4v) is 2.96. The molecule has 0 fully saturated rings. The second-order valence-corrected chi connectivity index (χ2v) is 6.55. The standard InChI is InChI=1S/C15H18N4O4S/c1-9(20)16-3-15(21)19-4-12-13(5-19)23-14(18-12)7-22-6-11-8-24-10(2)17-11/h8H,3-7H2,1-2H3,(H,16,20). The average molecular weight is 350 g/mol. The number of aryl methyl sites for hydroxylation is 1. The molecule has 1 aliphatic heterocycles. The average Bonchev–Trinajstić information content (AvgIpc) is 3.19. The summed E-state index contributed by atoms with van der Waals surface area (Å²) >= 11 is 1.58. The quantitative estimate of drug-likeness (QED) is 0.839. The van der Waals surface area contributed by atoms with Gasteiger partial charge in [-0.05, 0) is 6.92 Å². The van der Waals surface area contributed by atoms with Crippen LogP contribution in [0.5, 0.6) is 0 Å². The van der Waals surface area contributed by atoms with E-state index >= 15 is 0 Å². The Morgan fingerprint density at radius 3 is 2.88 bits per heavy atom. The molecule has 3 heterocycles. The van der Waals surface area contributed by atoms with Gasteiger partial charge >= 0.3 is 0 Å². The summed E-state index contributed by atoms with van der Waals surface area (Å²) < 4.78 is 11.2. The van der Waals surface area contributed by atoms with Gasteiger partial charge in [-0.1, -0.05) is 0 Å². The Morgan fingerprint density at radius 1 is 1.38 bits per heavy atom. The number of carbonyl (C=O) groups excluding carboxylic acids is 2. The van der Waals surface area contributed by atoms with Crippen molar-refractivity contribution in [2.24, 2.45) is 0 Å². The Balaban J connectivity index is 1.47.